The second-order valence-electron chi connectivity index (χ2n) is 6.91. The van der Waals surface area contributed by atoms with E-state index in [9.17, 15) is 14.4 Å². The summed E-state index contributed by atoms with van der Waals surface area (Å²) in [4.78, 5) is 36.8. The van der Waals surface area contributed by atoms with E-state index in [1.807, 2.05) is 6.92 Å². The number of halogens is 1. The first-order valence-corrected chi connectivity index (χ1v) is 11.2. The van der Waals surface area contributed by atoms with Crippen LogP contribution in [0.4, 0.5) is 5.69 Å². The molecule has 0 radical (unpaired) electrons. The fourth-order valence-electron chi connectivity index (χ4n) is 2.83. The Morgan fingerprint density at radius 3 is 2.46 bits per heavy atom. The zero-order valence-electron chi connectivity index (χ0n) is 18.9. The number of carbonyl (C=O) groups excluding carboxylic acids is 3. The van der Waals surface area contributed by atoms with Crippen LogP contribution in [-0.2, 0) is 9.59 Å². The molecule has 2 amide bonds. The first-order valence-electron chi connectivity index (χ1n) is 10.4. The van der Waals surface area contributed by atoms with Crippen molar-refractivity contribution < 1.29 is 28.6 Å². The Bertz CT molecular complexity index is 1240. The van der Waals surface area contributed by atoms with Crippen molar-refractivity contribution in [2.24, 2.45) is 5.10 Å². The van der Waals surface area contributed by atoms with Gasteiger partial charge in [-0.3, -0.25) is 9.59 Å². The molecule has 0 heterocycles. The number of amides is 2. The quantitative estimate of drug-likeness (QED) is 0.146. The van der Waals surface area contributed by atoms with Crippen molar-refractivity contribution in [3.8, 4) is 17.2 Å². The topological polar surface area (TPSA) is 115 Å². The van der Waals surface area contributed by atoms with Crippen molar-refractivity contribution in [1.82, 2.24) is 5.43 Å². The number of ether oxygens (including phenoxy) is 3. The van der Waals surface area contributed by atoms with Gasteiger partial charge in [0.15, 0.2) is 0 Å². The molecule has 0 aliphatic heterocycles. The van der Waals surface area contributed by atoms with E-state index in [4.69, 9.17) is 14.2 Å². The van der Waals surface area contributed by atoms with Gasteiger partial charge in [0.25, 0.3) is 0 Å². The highest BCUT2D eigenvalue weighted by Gasteiger charge is 2.14. The summed E-state index contributed by atoms with van der Waals surface area (Å²) in [6, 6.07) is 18.0. The molecule has 0 spiro atoms. The fourth-order valence-corrected chi connectivity index (χ4v) is 3.20. The van der Waals surface area contributed by atoms with Crippen LogP contribution in [0.15, 0.2) is 76.3 Å². The van der Waals surface area contributed by atoms with Gasteiger partial charge in [0.2, 0.25) is 0 Å². The van der Waals surface area contributed by atoms with Crippen LogP contribution in [0, 0.1) is 0 Å². The lowest BCUT2D eigenvalue weighted by Gasteiger charge is -2.09. The van der Waals surface area contributed by atoms with Gasteiger partial charge in [0.05, 0.1) is 25.5 Å². The number of hydrogen-bond acceptors (Lipinski definition) is 7. The summed E-state index contributed by atoms with van der Waals surface area (Å²) in [6.45, 7) is 2.39. The Morgan fingerprint density at radius 1 is 0.971 bits per heavy atom. The second-order valence-corrected chi connectivity index (χ2v) is 7.83. The predicted molar refractivity (Wildman–Crippen MR) is 134 cm³/mol. The number of esters is 1. The molecule has 0 unspecified atom stereocenters. The summed E-state index contributed by atoms with van der Waals surface area (Å²) in [6.07, 6.45) is 1.27. The third kappa shape index (κ3) is 7.41. The maximum absolute atomic E-state index is 12.6. The number of rotatable bonds is 8. The van der Waals surface area contributed by atoms with Crippen LogP contribution >= 0.6 is 15.9 Å². The third-order valence-corrected chi connectivity index (χ3v) is 4.97. The average molecular weight is 540 g/mol. The minimum Gasteiger partial charge on any atom is -0.497 e. The lowest BCUT2D eigenvalue weighted by molar-refractivity contribution is -0.136. The number of hydrazone groups is 1. The maximum atomic E-state index is 12.6. The van der Waals surface area contributed by atoms with Gasteiger partial charge in [-0.15, -0.1) is 0 Å². The van der Waals surface area contributed by atoms with E-state index in [1.165, 1.54) is 13.3 Å². The van der Waals surface area contributed by atoms with E-state index in [0.29, 0.717) is 39.4 Å². The normalized spacial score (nSPS) is 10.5. The fraction of sp³-hybridized carbons (Fsp3) is 0.120. The van der Waals surface area contributed by atoms with Gasteiger partial charge in [-0.2, -0.15) is 5.10 Å². The molecule has 3 aromatic carbocycles. The summed E-state index contributed by atoms with van der Waals surface area (Å²) in [5.41, 5.74) is 3.27. The Balaban J connectivity index is 1.64. The van der Waals surface area contributed by atoms with Crippen LogP contribution in [0.5, 0.6) is 17.2 Å². The summed E-state index contributed by atoms with van der Waals surface area (Å²) in [7, 11) is 1.49. The smallest absolute Gasteiger partial charge is 0.343 e. The van der Waals surface area contributed by atoms with Gasteiger partial charge in [0.1, 0.15) is 17.2 Å². The van der Waals surface area contributed by atoms with E-state index < -0.39 is 17.8 Å². The molecule has 10 heteroatoms. The molecule has 0 aromatic heterocycles. The Hall–Kier alpha value is -4.18. The maximum Gasteiger partial charge on any atom is 0.343 e. The van der Waals surface area contributed by atoms with Gasteiger partial charge in [-0.25, -0.2) is 10.2 Å². The number of benzene rings is 3. The highest BCUT2D eigenvalue weighted by Crippen LogP contribution is 2.23. The number of carbonyl (C=O) groups is 3. The van der Waals surface area contributed by atoms with E-state index >= 15 is 0 Å². The summed E-state index contributed by atoms with van der Waals surface area (Å²) < 4.78 is 16.6. The molecule has 0 bridgehead atoms. The van der Waals surface area contributed by atoms with Crippen LogP contribution in [-0.4, -0.2) is 37.7 Å². The van der Waals surface area contributed by atoms with Gasteiger partial charge >= 0.3 is 17.8 Å². The van der Waals surface area contributed by atoms with E-state index in [0.717, 1.165) is 0 Å². The lowest BCUT2D eigenvalue weighted by atomic mass is 10.2. The molecule has 0 fully saturated rings. The highest BCUT2D eigenvalue weighted by atomic mass is 79.9. The minimum absolute atomic E-state index is 0.214. The van der Waals surface area contributed by atoms with Crippen LogP contribution in [0.1, 0.15) is 22.8 Å². The number of nitrogens with zero attached hydrogens (tertiary/aromatic N) is 1. The Kier molecular flexibility index (Phi) is 8.96. The predicted octanol–water partition coefficient (Wildman–Crippen LogP) is 4.16. The third-order valence-electron chi connectivity index (χ3n) is 4.48. The van der Waals surface area contributed by atoms with E-state index in [1.54, 1.807) is 66.7 Å². The largest absolute Gasteiger partial charge is 0.497 e. The first kappa shape index (κ1) is 25.4. The number of anilines is 1. The molecule has 0 saturated heterocycles. The molecular formula is C25H22BrN3O6. The van der Waals surface area contributed by atoms with Crippen molar-refractivity contribution in [2.45, 2.75) is 6.92 Å². The Morgan fingerprint density at radius 2 is 1.74 bits per heavy atom. The number of hydrogen-bond donors (Lipinski definition) is 2. The average Bonchev–Trinajstić information content (AvgIpc) is 2.86. The standard InChI is InChI=1S/C25H22BrN3O6/c1-3-34-20-10-7-16(8-11-20)25(32)35-22-12-9-18(26)13-17(22)15-27-29-24(31)23(30)28-19-5-4-6-21(14-19)33-2/h4-15H,3H2,1-2H3,(H,28,30)(H,29,31). The van der Waals surface area contributed by atoms with Crippen molar-refractivity contribution in [3.63, 3.8) is 0 Å². The zero-order chi connectivity index (χ0) is 25.2. The van der Waals surface area contributed by atoms with Gasteiger partial charge in [0, 0.05) is 21.8 Å². The van der Waals surface area contributed by atoms with Gasteiger partial charge in [-0.05, 0) is 61.5 Å². The lowest BCUT2D eigenvalue weighted by Crippen LogP contribution is -2.32. The molecule has 180 valence electrons. The molecule has 9 nitrogen and oxygen atoms in total. The summed E-state index contributed by atoms with van der Waals surface area (Å²) in [5, 5.41) is 6.26. The molecule has 2 N–H and O–H groups in total. The monoisotopic (exact) mass is 539 g/mol. The molecule has 3 aromatic rings. The van der Waals surface area contributed by atoms with Gasteiger partial charge < -0.3 is 19.5 Å². The van der Waals surface area contributed by atoms with E-state index in [-0.39, 0.29) is 5.75 Å². The van der Waals surface area contributed by atoms with Crippen LogP contribution in [0.25, 0.3) is 0 Å². The molecule has 0 aliphatic carbocycles. The van der Waals surface area contributed by atoms with Crippen LogP contribution in [0.3, 0.4) is 0 Å². The van der Waals surface area contributed by atoms with E-state index in [2.05, 4.69) is 31.8 Å². The second kappa shape index (κ2) is 12.3. The summed E-state index contributed by atoms with van der Waals surface area (Å²) >= 11 is 3.35. The zero-order valence-corrected chi connectivity index (χ0v) is 20.5. The highest BCUT2D eigenvalue weighted by molar-refractivity contribution is 9.10. The van der Waals surface area contributed by atoms with Crippen molar-refractivity contribution in [3.05, 3.63) is 82.3 Å². The molecule has 3 rings (SSSR count). The molecule has 0 saturated carbocycles. The number of methoxy groups -OCH3 is 1. The minimum atomic E-state index is -0.980. The molecular weight excluding hydrogens is 518 g/mol. The van der Waals surface area contributed by atoms with Crippen molar-refractivity contribution in [2.75, 3.05) is 19.0 Å². The van der Waals surface area contributed by atoms with Crippen molar-refractivity contribution in [1.29, 1.82) is 0 Å². The summed E-state index contributed by atoms with van der Waals surface area (Å²) in [5.74, 6) is -1.08. The van der Waals surface area contributed by atoms with Crippen LogP contribution in [0.2, 0.25) is 0 Å². The SMILES string of the molecule is CCOc1ccc(C(=O)Oc2ccc(Br)cc2C=NNC(=O)C(=O)Nc2cccc(OC)c2)cc1. The van der Waals surface area contributed by atoms with Crippen LogP contribution < -0.4 is 25.0 Å². The molecule has 35 heavy (non-hydrogen) atoms. The van der Waals surface area contributed by atoms with Crippen molar-refractivity contribution >= 4 is 45.6 Å². The Labute approximate surface area is 210 Å². The number of nitrogens with one attached hydrogen (secondary N) is 2. The molecule has 0 aliphatic rings. The van der Waals surface area contributed by atoms with Gasteiger partial charge in [-0.1, -0.05) is 22.0 Å². The first-order chi connectivity index (χ1) is 16.9. The molecule has 0 atom stereocenters.